The third-order valence-corrected chi connectivity index (χ3v) is 3.27. The number of fused-ring (bicyclic) bond motifs is 1. The van der Waals surface area contributed by atoms with Gasteiger partial charge in [0.2, 0.25) is 6.41 Å². The minimum Gasteiger partial charge on any atom is -0.352 e. The van der Waals surface area contributed by atoms with Gasteiger partial charge in [-0.25, -0.2) is 9.97 Å². The number of carbonyl (C=O) groups is 1. The summed E-state index contributed by atoms with van der Waals surface area (Å²) in [4.78, 5) is 23.2. The standard InChI is InChI=1S/C11H14N6O/c1-15-10-9(6-14-15)11(13-7-12-10)17-4-2-16(8-18)3-5-17/h6-8H,2-5H2,1H3. The molecule has 0 saturated carbocycles. The Hall–Kier alpha value is -2.18. The van der Waals surface area contributed by atoms with Crippen molar-refractivity contribution in [3.8, 4) is 0 Å². The minimum atomic E-state index is 0.731. The van der Waals surface area contributed by atoms with Crippen LogP contribution in [0.25, 0.3) is 11.0 Å². The first kappa shape index (κ1) is 10.9. The van der Waals surface area contributed by atoms with Crippen molar-refractivity contribution in [3.05, 3.63) is 12.5 Å². The lowest BCUT2D eigenvalue weighted by Gasteiger charge is -2.33. The molecule has 0 unspecified atom stereocenters. The fraction of sp³-hybridized carbons (Fsp3) is 0.455. The fourth-order valence-corrected chi connectivity index (χ4v) is 2.24. The summed E-state index contributed by atoms with van der Waals surface area (Å²) in [5.74, 6) is 0.902. The van der Waals surface area contributed by atoms with Crippen LogP contribution in [0.2, 0.25) is 0 Å². The molecule has 18 heavy (non-hydrogen) atoms. The van der Waals surface area contributed by atoms with Gasteiger partial charge in [0.15, 0.2) is 5.65 Å². The molecule has 2 aromatic rings. The fourth-order valence-electron chi connectivity index (χ4n) is 2.24. The molecule has 0 radical (unpaired) electrons. The smallest absolute Gasteiger partial charge is 0.209 e. The molecule has 0 spiro atoms. The van der Waals surface area contributed by atoms with E-state index in [-0.39, 0.29) is 0 Å². The van der Waals surface area contributed by atoms with Gasteiger partial charge in [-0.1, -0.05) is 0 Å². The zero-order chi connectivity index (χ0) is 12.5. The van der Waals surface area contributed by atoms with Crippen molar-refractivity contribution in [1.82, 2.24) is 24.6 Å². The molecule has 3 rings (SSSR count). The molecule has 7 heteroatoms. The predicted octanol–water partition coefficient (Wildman–Crippen LogP) is -0.358. The number of carbonyl (C=O) groups excluding carboxylic acids is 1. The van der Waals surface area contributed by atoms with Crippen LogP contribution in [0.1, 0.15) is 0 Å². The average Bonchev–Trinajstić information content (AvgIpc) is 2.81. The lowest BCUT2D eigenvalue weighted by atomic mass is 10.3. The van der Waals surface area contributed by atoms with Gasteiger partial charge in [-0.15, -0.1) is 0 Å². The zero-order valence-corrected chi connectivity index (χ0v) is 10.2. The summed E-state index contributed by atoms with van der Waals surface area (Å²) in [6.07, 6.45) is 4.25. The maximum Gasteiger partial charge on any atom is 0.209 e. The number of rotatable bonds is 2. The van der Waals surface area contributed by atoms with Gasteiger partial charge < -0.3 is 9.80 Å². The molecule has 7 nitrogen and oxygen atoms in total. The quantitative estimate of drug-likeness (QED) is 0.677. The van der Waals surface area contributed by atoms with Crippen LogP contribution in [-0.4, -0.2) is 57.2 Å². The van der Waals surface area contributed by atoms with Gasteiger partial charge >= 0.3 is 0 Å². The van der Waals surface area contributed by atoms with Crippen molar-refractivity contribution < 1.29 is 4.79 Å². The number of anilines is 1. The SMILES string of the molecule is Cn1ncc2c(N3CCN(C=O)CC3)ncnc21. The van der Waals surface area contributed by atoms with Gasteiger partial charge in [0.25, 0.3) is 0 Å². The van der Waals surface area contributed by atoms with Crippen LogP contribution in [0.5, 0.6) is 0 Å². The first-order valence-corrected chi connectivity index (χ1v) is 5.86. The Morgan fingerprint density at radius 2 is 2.00 bits per heavy atom. The van der Waals surface area contributed by atoms with Gasteiger partial charge in [0.05, 0.1) is 11.6 Å². The number of aryl methyl sites for hydroxylation is 1. The summed E-state index contributed by atoms with van der Waals surface area (Å²) in [6.45, 7) is 3.05. The summed E-state index contributed by atoms with van der Waals surface area (Å²) in [7, 11) is 1.86. The molecule has 1 amide bonds. The van der Waals surface area contributed by atoms with Crippen molar-refractivity contribution in [2.45, 2.75) is 0 Å². The van der Waals surface area contributed by atoms with Crippen LogP contribution in [0.3, 0.4) is 0 Å². The normalized spacial score (nSPS) is 16.3. The van der Waals surface area contributed by atoms with Gasteiger partial charge in [0.1, 0.15) is 12.1 Å². The Labute approximate surface area is 104 Å². The molecule has 1 saturated heterocycles. The molecular weight excluding hydrogens is 232 g/mol. The van der Waals surface area contributed by atoms with E-state index >= 15 is 0 Å². The molecule has 1 aliphatic heterocycles. The van der Waals surface area contributed by atoms with E-state index in [1.165, 1.54) is 0 Å². The number of amides is 1. The summed E-state index contributed by atoms with van der Waals surface area (Å²) in [5.41, 5.74) is 0.831. The summed E-state index contributed by atoms with van der Waals surface area (Å²) < 4.78 is 1.74. The molecular formula is C11H14N6O. The Balaban J connectivity index is 1.93. The van der Waals surface area contributed by atoms with Crippen molar-refractivity contribution in [3.63, 3.8) is 0 Å². The first-order chi connectivity index (χ1) is 8.79. The average molecular weight is 246 g/mol. The van der Waals surface area contributed by atoms with Gasteiger partial charge in [-0.3, -0.25) is 9.48 Å². The monoisotopic (exact) mass is 246 g/mol. The summed E-state index contributed by atoms with van der Waals surface area (Å²) in [6, 6.07) is 0. The maximum atomic E-state index is 10.7. The van der Waals surface area contributed by atoms with Crippen LogP contribution < -0.4 is 4.90 Å². The Morgan fingerprint density at radius 1 is 1.22 bits per heavy atom. The third-order valence-electron chi connectivity index (χ3n) is 3.27. The van der Waals surface area contributed by atoms with Crippen molar-refractivity contribution in [2.75, 3.05) is 31.1 Å². The van der Waals surface area contributed by atoms with E-state index in [0.717, 1.165) is 49.4 Å². The van der Waals surface area contributed by atoms with Crippen LogP contribution in [-0.2, 0) is 11.8 Å². The van der Waals surface area contributed by atoms with E-state index in [1.807, 2.05) is 7.05 Å². The molecule has 1 fully saturated rings. The van der Waals surface area contributed by atoms with Gasteiger partial charge in [-0.2, -0.15) is 5.10 Å². The number of nitrogens with zero attached hydrogens (tertiary/aromatic N) is 6. The molecule has 0 bridgehead atoms. The highest BCUT2D eigenvalue weighted by atomic mass is 16.1. The highest BCUT2D eigenvalue weighted by Gasteiger charge is 2.19. The maximum absolute atomic E-state index is 10.7. The van der Waals surface area contributed by atoms with Crippen LogP contribution in [0.15, 0.2) is 12.5 Å². The Morgan fingerprint density at radius 3 is 2.72 bits per heavy atom. The number of hydrogen-bond acceptors (Lipinski definition) is 5. The molecule has 0 N–H and O–H groups in total. The molecule has 0 aliphatic carbocycles. The highest BCUT2D eigenvalue weighted by Crippen LogP contribution is 2.22. The van der Waals surface area contributed by atoms with Gasteiger partial charge in [0, 0.05) is 33.2 Å². The molecule has 2 aromatic heterocycles. The number of aromatic nitrogens is 4. The molecule has 1 aliphatic rings. The van der Waals surface area contributed by atoms with Crippen LogP contribution >= 0.6 is 0 Å². The topological polar surface area (TPSA) is 67.2 Å². The van der Waals surface area contributed by atoms with Crippen LogP contribution in [0.4, 0.5) is 5.82 Å². The van der Waals surface area contributed by atoms with E-state index in [0.29, 0.717) is 0 Å². The minimum absolute atomic E-state index is 0.731. The second-order valence-corrected chi connectivity index (χ2v) is 4.33. The third kappa shape index (κ3) is 1.68. The second kappa shape index (κ2) is 4.25. The van der Waals surface area contributed by atoms with E-state index in [4.69, 9.17) is 0 Å². The van der Waals surface area contributed by atoms with Gasteiger partial charge in [-0.05, 0) is 0 Å². The van der Waals surface area contributed by atoms with Crippen molar-refractivity contribution >= 4 is 23.3 Å². The van der Waals surface area contributed by atoms with E-state index < -0.39 is 0 Å². The van der Waals surface area contributed by atoms with Crippen LogP contribution in [0, 0.1) is 0 Å². The first-order valence-electron chi connectivity index (χ1n) is 5.86. The number of hydrogen-bond donors (Lipinski definition) is 0. The lowest BCUT2D eigenvalue weighted by Crippen LogP contribution is -2.46. The Kier molecular flexibility index (Phi) is 2.58. The number of piperazine rings is 1. The zero-order valence-electron chi connectivity index (χ0n) is 10.2. The lowest BCUT2D eigenvalue weighted by molar-refractivity contribution is -0.118. The molecule has 3 heterocycles. The Bertz CT molecular complexity index is 572. The van der Waals surface area contributed by atoms with E-state index in [2.05, 4.69) is 20.0 Å². The largest absolute Gasteiger partial charge is 0.352 e. The van der Waals surface area contributed by atoms with E-state index in [9.17, 15) is 4.79 Å². The van der Waals surface area contributed by atoms with Crippen molar-refractivity contribution in [1.29, 1.82) is 0 Å². The highest BCUT2D eigenvalue weighted by molar-refractivity contribution is 5.86. The predicted molar refractivity (Wildman–Crippen MR) is 66.2 cm³/mol. The summed E-state index contributed by atoms with van der Waals surface area (Å²) >= 11 is 0. The molecule has 94 valence electrons. The molecule has 0 aromatic carbocycles. The summed E-state index contributed by atoms with van der Waals surface area (Å²) in [5, 5.41) is 5.16. The van der Waals surface area contributed by atoms with E-state index in [1.54, 1.807) is 22.1 Å². The second-order valence-electron chi connectivity index (χ2n) is 4.33. The van der Waals surface area contributed by atoms with Crippen molar-refractivity contribution in [2.24, 2.45) is 7.05 Å². The molecule has 0 atom stereocenters.